The highest BCUT2D eigenvalue weighted by atomic mass is 32.2. The van der Waals surface area contributed by atoms with E-state index in [9.17, 15) is 8.42 Å². The minimum absolute atomic E-state index is 0.375. The first-order valence-electron chi connectivity index (χ1n) is 4.56. The van der Waals surface area contributed by atoms with Crippen molar-refractivity contribution in [3.05, 3.63) is 29.3 Å². The van der Waals surface area contributed by atoms with E-state index in [2.05, 4.69) is 4.84 Å². The van der Waals surface area contributed by atoms with Gasteiger partial charge in [0.2, 0.25) is 0 Å². The van der Waals surface area contributed by atoms with E-state index in [0.29, 0.717) is 17.9 Å². The number of hydrogen-bond acceptors (Lipinski definition) is 4. The molecular weight excluding hydrogens is 214 g/mol. The second-order valence-electron chi connectivity index (χ2n) is 3.49. The third-order valence-electron chi connectivity index (χ3n) is 2.15. The van der Waals surface area contributed by atoms with Crippen LogP contribution in [0.1, 0.15) is 11.1 Å². The summed E-state index contributed by atoms with van der Waals surface area (Å²) in [4.78, 5) is 4.84. The maximum absolute atomic E-state index is 11.3. The summed E-state index contributed by atoms with van der Waals surface area (Å²) in [6, 6.07) is 5.24. The van der Waals surface area contributed by atoms with Crippen molar-refractivity contribution < 1.29 is 13.3 Å². The molecule has 0 aromatic heterocycles. The molecule has 0 fully saturated rings. The van der Waals surface area contributed by atoms with Gasteiger partial charge in [0.05, 0.1) is 11.5 Å². The molecule has 0 amide bonds. The molecule has 1 aromatic carbocycles. The second kappa shape index (κ2) is 4.74. The summed E-state index contributed by atoms with van der Waals surface area (Å²) < 4.78 is 22.7. The van der Waals surface area contributed by atoms with Gasteiger partial charge in [0.25, 0.3) is 0 Å². The largest absolute Gasteiger partial charge is 0.304 e. The van der Waals surface area contributed by atoms with Crippen LogP contribution in [0.3, 0.4) is 0 Å². The highest BCUT2D eigenvalue weighted by Gasteiger charge is 2.10. The summed E-state index contributed by atoms with van der Waals surface area (Å²) in [6.45, 7) is 2.21. The van der Waals surface area contributed by atoms with Crippen LogP contribution in [0.4, 0.5) is 0 Å². The van der Waals surface area contributed by atoms with E-state index in [4.69, 9.17) is 5.90 Å². The van der Waals surface area contributed by atoms with Gasteiger partial charge in [-0.2, -0.15) is 0 Å². The number of nitrogens with two attached hydrogens (primary N) is 1. The van der Waals surface area contributed by atoms with E-state index in [1.807, 2.05) is 6.07 Å². The third kappa shape index (κ3) is 3.30. The molecule has 0 radical (unpaired) electrons. The zero-order valence-electron chi connectivity index (χ0n) is 8.86. The van der Waals surface area contributed by atoms with E-state index in [1.54, 1.807) is 19.1 Å². The van der Waals surface area contributed by atoms with Crippen molar-refractivity contribution in [3.8, 4) is 0 Å². The van der Waals surface area contributed by atoms with Gasteiger partial charge in [0.15, 0.2) is 9.84 Å². The predicted octanol–water partition coefficient (Wildman–Crippen LogP) is 0.831. The summed E-state index contributed by atoms with van der Waals surface area (Å²) >= 11 is 0. The van der Waals surface area contributed by atoms with Gasteiger partial charge >= 0.3 is 0 Å². The average molecular weight is 229 g/mol. The first-order chi connectivity index (χ1) is 6.95. The Morgan fingerprint density at radius 2 is 2.07 bits per heavy atom. The standard InChI is InChI=1S/C10H15NO3S/c1-8-7-9(5-6-14-11)3-4-10(8)15(2,12)13/h3-4,7H,5-6,11H2,1-2H3. The highest BCUT2D eigenvalue weighted by molar-refractivity contribution is 7.90. The Labute approximate surface area is 89.9 Å². The molecule has 0 bridgehead atoms. The maximum atomic E-state index is 11.3. The molecule has 0 spiro atoms. The van der Waals surface area contributed by atoms with Crippen molar-refractivity contribution in [3.63, 3.8) is 0 Å². The van der Waals surface area contributed by atoms with E-state index in [-0.39, 0.29) is 0 Å². The lowest BCUT2D eigenvalue weighted by atomic mass is 10.1. The molecule has 0 heterocycles. The van der Waals surface area contributed by atoms with Crippen LogP contribution in [0, 0.1) is 6.92 Å². The Balaban J connectivity index is 2.99. The summed E-state index contributed by atoms with van der Waals surface area (Å²) in [5, 5.41) is 0. The van der Waals surface area contributed by atoms with Gasteiger partial charge in [-0.25, -0.2) is 14.3 Å². The molecule has 5 heteroatoms. The first-order valence-corrected chi connectivity index (χ1v) is 6.45. The fourth-order valence-electron chi connectivity index (χ4n) is 1.46. The first kappa shape index (κ1) is 12.2. The van der Waals surface area contributed by atoms with E-state index >= 15 is 0 Å². The van der Waals surface area contributed by atoms with Gasteiger partial charge < -0.3 is 4.84 Å². The van der Waals surface area contributed by atoms with Crippen molar-refractivity contribution in [2.75, 3.05) is 12.9 Å². The van der Waals surface area contributed by atoms with E-state index < -0.39 is 9.84 Å². The highest BCUT2D eigenvalue weighted by Crippen LogP contribution is 2.16. The third-order valence-corrected chi connectivity index (χ3v) is 3.40. The topological polar surface area (TPSA) is 69.4 Å². The van der Waals surface area contributed by atoms with Crippen LogP contribution < -0.4 is 5.90 Å². The fraction of sp³-hybridized carbons (Fsp3) is 0.400. The summed E-state index contributed by atoms with van der Waals surface area (Å²) in [5.74, 6) is 4.92. The maximum Gasteiger partial charge on any atom is 0.175 e. The van der Waals surface area contributed by atoms with Crippen LogP contribution in [0.5, 0.6) is 0 Å². The van der Waals surface area contributed by atoms with Crippen molar-refractivity contribution >= 4 is 9.84 Å². The van der Waals surface area contributed by atoms with Gasteiger partial charge in [-0.3, -0.25) is 0 Å². The van der Waals surface area contributed by atoms with Gasteiger partial charge in [-0.1, -0.05) is 12.1 Å². The average Bonchev–Trinajstić information content (AvgIpc) is 2.12. The Bertz CT molecular complexity index is 440. The van der Waals surface area contributed by atoms with E-state index in [1.165, 1.54) is 6.26 Å². The van der Waals surface area contributed by atoms with Crippen molar-refractivity contribution in [2.45, 2.75) is 18.2 Å². The molecule has 0 saturated heterocycles. The molecule has 0 unspecified atom stereocenters. The van der Waals surface area contributed by atoms with Gasteiger partial charge in [0, 0.05) is 6.26 Å². The van der Waals surface area contributed by atoms with Crippen molar-refractivity contribution in [2.24, 2.45) is 5.90 Å². The summed E-state index contributed by atoms with van der Waals surface area (Å²) in [7, 11) is -3.13. The quantitative estimate of drug-likeness (QED) is 0.776. The Morgan fingerprint density at radius 3 is 2.53 bits per heavy atom. The van der Waals surface area contributed by atoms with Crippen LogP contribution in [0.25, 0.3) is 0 Å². The number of aryl methyl sites for hydroxylation is 1. The van der Waals surface area contributed by atoms with Crippen LogP contribution in [0.2, 0.25) is 0 Å². The SMILES string of the molecule is Cc1cc(CCON)ccc1S(C)(=O)=O. The van der Waals surface area contributed by atoms with Gasteiger partial charge in [0.1, 0.15) is 0 Å². The molecule has 0 aliphatic rings. The molecule has 0 saturated carbocycles. The lowest BCUT2D eigenvalue weighted by molar-refractivity contribution is 0.141. The van der Waals surface area contributed by atoms with Crippen LogP contribution in [-0.2, 0) is 21.1 Å². The number of hydrogen-bond donors (Lipinski definition) is 1. The summed E-state index contributed by atoms with van der Waals surface area (Å²) in [6.07, 6.45) is 1.89. The lowest BCUT2D eigenvalue weighted by Gasteiger charge is -2.06. The Morgan fingerprint density at radius 1 is 1.40 bits per heavy atom. The Hall–Kier alpha value is -0.910. The van der Waals surface area contributed by atoms with Crippen LogP contribution >= 0.6 is 0 Å². The molecule has 84 valence electrons. The van der Waals surface area contributed by atoms with Crippen molar-refractivity contribution in [1.82, 2.24) is 0 Å². The predicted molar refractivity (Wildman–Crippen MR) is 58.1 cm³/mol. The molecule has 4 nitrogen and oxygen atoms in total. The van der Waals surface area contributed by atoms with Crippen LogP contribution in [0.15, 0.2) is 23.1 Å². The normalized spacial score (nSPS) is 11.7. The monoisotopic (exact) mass is 229 g/mol. The Kier molecular flexibility index (Phi) is 3.84. The molecular formula is C10H15NO3S. The second-order valence-corrected chi connectivity index (χ2v) is 5.48. The molecule has 2 N–H and O–H groups in total. The molecule has 0 aliphatic heterocycles. The molecule has 1 aromatic rings. The smallest absolute Gasteiger partial charge is 0.175 e. The summed E-state index contributed by atoms with van der Waals surface area (Å²) in [5.41, 5.74) is 1.78. The zero-order valence-corrected chi connectivity index (χ0v) is 9.67. The fourth-order valence-corrected chi connectivity index (χ4v) is 2.42. The van der Waals surface area contributed by atoms with Gasteiger partial charge in [-0.15, -0.1) is 0 Å². The molecule has 15 heavy (non-hydrogen) atoms. The number of rotatable bonds is 4. The van der Waals surface area contributed by atoms with Crippen molar-refractivity contribution in [1.29, 1.82) is 0 Å². The number of sulfone groups is 1. The zero-order chi connectivity index (χ0) is 11.5. The number of benzene rings is 1. The minimum Gasteiger partial charge on any atom is -0.304 e. The van der Waals surface area contributed by atoms with Gasteiger partial charge in [-0.05, 0) is 30.5 Å². The van der Waals surface area contributed by atoms with E-state index in [0.717, 1.165) is 11.1 Å². The lowest BCUT2D eigenvalue weighted by Crippen LogP contribution is -2.05. The molecule has 0 aliphatic carbocycles. The van der Waals surface area contributed by atoms with Crippen LogP contribution in [-0.4, -0.2) is 21.3 Å². The molecule has 0 atom stereocenters. The minimum atomic E-state index is -3.13. The molecule has 1 rings (SSSR count).